The van der Waals surface area contributed by atoms with E-state index in [4.69, 9.17) is 9.47 Å². The fourth-order valence-corrected chi connectivity index (χ4v) is 1.98. The van der Waals surface area contributed by atoms with Gasteiger partial charge in [0.15, 0.2) is 18.4 Å². The first-order chi connectivity index (χ1) is 7.63. The maximum absolute atomic E-state index is 14.0. The molecule has 0 aliphatic carbocycles. The lowest BCUT2D eigenvalue weighted by molar-refractivity contribution is 0.0479. The van der Waals surface area contributed by atoms with Gasteiger partial charge in [0.2, 0.25) is 0 Å². The first kappa shape index (κ1) is 11.3. The third-order valence-electron chi connectivity index (χ3n) is 2.08. The molecule has 0 N–H and O–H groups in total. The SMILES string of the molecule is COCOc1c(Br)cc2cn(C)nc2c1F. The average molecular weight is 289 g/mol. The predicted molar refractivity (Wildman–Crippen MR) is 60.9 cm³/mol. The van der Waals surface area contributed by atoms with Crippen LogP contribution in [-0.2, 0) is 11.8 Å². The van der Waals surface area contributed by atoms with Gasteiger partial charge in [-0.25, -0.2) is 4.39 Å². The largest absolute Gasteiger partial charge is 0.463 e. The van der Waals surface area contributed by atoms with E-state index in [1.54, 1.807) is 24.0 Å². The van der Waals surface area contributed by atoms with Crippen molar-refractivity contribution in [2.24, 2.45) is 7.05 Å². The molecule has 1 heterocycles. The second-order valence-corrected chi connectivity index (χ2v) is 4.15. The normalized spacial score (nSPS) is 11.0. The van der Waals surface area contributed by atoms with Crippen LogP contribution in [0.4, 0.5) is 4.39 Å². The van der Waals surface area contributed by atoms with E-state index >= 15 is 0 Å². The highest BCUT2D eigenvalue weighted by Gasteiger charge is 2.15. The van der Waals surface area contributed by atoms with Gasteiger partial charge in [-0.1, -0.05) is 0 Å². The van der Waals surface area contributed by atoms with Crippen LogP contribution in [-0.4, -0.2) is 23.7 Å². The fourth-order valence-electron chi connectivity index (χ4n) is 1.45. The van der Waals surface area contributed by atoms with Crippen molar-refractivity contribution >= 4 is 26.8 Å². The number of rotatable bonds is 3. The Kier molecular flexibility index (Phi) is 3.11. The van der Waals surface area contributed by atoms with Gasteiger partial charge in [-0.3, -0.25) is 4.68 Å². The van der Waals surface area contributed by atoms with Crippen molar-refractivity contribution in [3.05, 3.63) is 22.6 Å². The van der Waals surface area contributed by atoms with Crippen molar-refractivity contribution in [2.75, 3.05) is 13.9 Å². The Hall–Kier alpha value is -1.14. The molecule has 0 radical (unpaired) electrons. The van der Waals surface area contributed by atoms with Crippen molar-refractivity contribution < 1.29 is 13.9 Å². The second kappa shape index (κ2) is 4.39. The Morgan fingerprint density at radius 3 is 3.00 bits per heavy atom. The van der Waals surface area contributed by atoms with Crippen molar-refractivity contribution in [3.8, 4) is 5.75 Å². The maximum atomic E-state index is 14.0. The van der Waals surface area contributed by atoms with Crippen LogP contribution >= 0.6 is 15.9 Å². The standard InChI is InChI=1S/C10H10BrFN2O2/c1-14-4-6-3-7(11)10(16-5-15-2)8(12)9(6)13-14/h3-4H,5H2,1-2H3. The number of halogens is 2. The number of aromatic nitrogens is 2. The molecule has 0 saturated heterocycles. The molecule has 16 heavy (non-hydrogen) atoms. The van der Waals surface area contributed by atoms with E-state index in [1.165, 1.54) is 7.11 Å². The molecule has 0 bridgehead atoms. The number of aryl methyl sites for hydroxylation is 1. The second-order valence-electron chi connectivity index (χ2n) is 3.29. The summed E-state index contributed by atoms with van der Waals surface area (Å²) < 4.78 is 26.0. The zero-order valence-corrected chi connectivity index (χ0v) is 10.4. The lowest BCUT2D eigenvalue weighted by Crippen LogP contribution is -2.02. The summed E-state index contributed by atoms with van der Waals surface area (Å²) in [6.45, 7) is -0.00609. The zero-order valence-electron chi connectivity index (χ0n) is 8.83. The van der Waals surface area contributed by atoms with Gasteiger partial charge < -0.3 is 9.47 Å². The summed E-state index contributed by atoms with van der Waals surface area (Å²) in [5, 5.41) is 4.74. The summed E-state index contributed by atoms with van der Waals surface area (Å²) in [7, 11) is 3.22. The van der Waals surface area contributed by atoms with Gasteiger partial charge in [0.25, 0.3) is 0 Å². The summed E-state index contributed by atoms with van der Waals surface area (Å²) in [4.78, 5) is 0. The van der Waals surface area contributed by atoms with E-state index in [0.29, 0.717) is 4.47 Å². The van der Waals surface area contributed by atoms with Crippen molar-refractivity contribution in [1.82, 2.24) is 9.78 Å². The first-order valence-corrected chi connectivity index (χ1v) is 5.36. The van der Waals surface area contributed by atoms with Crippen LogP contribution in [0.25, 0.3) is 10.9 Å². The van der Waals surface area contributed by atoms with Gasteiger partial charge in [0.05, 0.1) is 4.47 Å². The van der Waals surface area contributed by atoms with Crippen molar-refractivity contribution in [2.45, 2.75) is 0 Å². The summed E-state index contributed by atoms with van der Waals surface area (Å²) in [6.07, 6.45) is 1.74. The van der Waals surface area contributed by atoms with Crippen LogP contribution in [0.1, 0.15) is 0 Å². The predicted octanol–water partition coefficient (Wildman–Crippen LogP) is 2.46. The summed E-state index contributed by atoms with van der Waals surface area (Å²) in [6, 6.07) is 1.76. The molecule has 2 rings (SSSR count). The number of ether oxygens (including phenoxy) is 2. The maximum Gasteiger partial charge on any atom is 0.194 e. The van der Waals surface area contributed by atoms with Crippen molar-refractivity contribution in [3.63, 3.8) is 0 Å². The minimum Gasteiger partial charge on any atom is -0.463 e. The Bertz CT molecular complexity index is 527. The van der Waals surface area contributed by atoms with Gasteiger partial charge in [-0.05, 0) is 22.0 Å². The number of nitrogens with zero attached hydrogens (tertiary/aromatic N) is 2. The zero-order chi connectivity index (χ0) is 11.7. The molecule has 0 fully saturated rings. The molecule has 6 heteroatoms. The van der Waals surface area contributed by atoms with Gasteiger partial charge in [0, 0.05) is 25.7 Å². The monoisotopic (exact) mass is 288 g/mol. The Morgan fingerprint density at radius 2 is 2.31 bits per heavy atom. The van der Waals surface area contributed by atoms with Gasteiger partial charge in [-0.15, -0.1) is 0 Å². The Balaban J connectivity index is 2.56. The molecule has 2 aromatic rings. The van der Waals surface area contributed by atoms with Crippen molar-refractivity contribution in [1.29, 1.82) is 0 Å². The lowest BCUT2D eigenvalue weighted by Gasteiger charge is -2.07. The van der Waals surface area contributed by atoms with Crippen LogP contribution in [0, 0.1) is 5.82 Å². The van der Waals surface area contributed by atoms with Crippen LogP contribution in [0.5, 0.6) is 5.75 Å². The molecule has 1 aromatic carbocycles. The van der Waals surface area contributed by atoms with Gasteiger partial charge in [-0.2, -0.15) is 5.10 Å². The number of hydrogen-bond acceptors (Lipinski definition) is 3. The average Bonchev–Trinajstić information content (AvgIpc) is 2.59. The van der Waals surface area contributed by atoms with E-state index < -0.39 is 5.82 Å². The lowest BCUT2D eigenvalue weighted by atomic mass is 10.2. The highest BCUT2D eigenvalue weighted by Crippen LogP contribution is 2.33. The molecule has 0 saturated carbocycles. The highest BCUT2D eigenvalue weighted by molar-refractivity contribution is 9.10. The quantitative estimate of drug-likeness (QED) is 0.814. The molecule has 0 spiro atoms. The molecule has 0 aliphatic rings. The number of hydrogen-bond donors (Lipinski definition) is 0. The summed E-state index contributed by atoms with van der Waals surface area (Å²) in [5.74, 6) is -0.366. The molecule has 1 aromatic heterocycles. The van der Waals surface area contributed by atoms with E-state index in [-0.39, 0.29) is 18.1 Å². The third-order valence-corrected chi connectivity index (χ3v) is 2.67. The minimum absolute atomic E-state index is 0.00609. The smallest absolute Gasteiger partial charge is 0.194 e. The number of fused-ring (bicyclic) bond motifs is 1. The van der Waals surface area contributed by atoms with Gasteiger partial charge in [0.1, 0.15) is 5.52 Å². The van der Waals surface area contributed by atoms with Crippen LogP contribution < -0.4 is 4.74 Å². The molecule has 0 unspecified atom stereocenters. The summed E-state index contributed by atoms with van der Waals surface area (Å²) >= 11 is 3.25. The molecule has 4 nitrogen and oxygen atoms in total. The third kappa shape index (κ3) is 1.90. The molecular weight excluding hydrogens is 279 g/mol. The molecule has 0 amide bonds. The molecular formula is C10H10BrFN2O2. The van der Waals surface area contributed by atoms with E-state index in [9.17, 15) is 4.39 Å². The van der Waals surface area contributed by atoms with E-state index in [1.807, 2.05) is 0 Å². The molecule has 86 valence electrons. The van der Waals surface area contributed by atoms with Crippen LogP contribution in [0.15, 0.2) is 16.7 Å². The number of benzene rings is 1. The Labute approximate surface area is 100 Å². The minimum atomic E-state index is -0.484. The van der Waals surface area contributed by atoms with E-state index in [2.05, 4.69) is 21.0 Å². The molecule has 0 aliphatic heterocycles. The Morgan fingerprint density at radius 1 is 1.56 bits per heavy atom. The molecule has 0 atom stereocenters. The van der Waals surface area contributed by atoms with Crippen LogP contribution in [0.3, 0.4) is 0 Å². The van der Waals surface area contributed by atoms with E-state index in [0.717, 1.165) is 5.39 Å². The van der Waals surface area contributed by atoms with Crippen LogP contribution in [0.2, 0.25) is 0 Å². The fraction of sp³-hybridized carbons (Fsp3) is 0.300. The number of methoxy groups -OCH3 is 1. The highest BCUT2D eigenvalue weighted by atomic mass is 79.9. The summed E-state index contributed by atoms with van der Waals surface area (Å²) in [5.41, 5.74) is 0.289. The topological polar surface area (TPSA) is 36.3 Å². The van der Waals surface area contributed by atoms with Gasteiger partial charge >= 0.3 is 0 Å². The first-order valence-electron chi connectivity index (χ1n) is 4.56.